The fourth-order valence-corrected chi connectivity index (χ4v) is 2.92. The Labute approximate surface area is 123 Å². The highest BCUT2D eigenvalue weighted by atomic mass is 35.5. The van der Waals surface area contributed by atoms with Crippen molar-refractivity contribution in [2.24, 2.45) is 7.05 Å². The van der Waals surface area contributed by atoms with Gasteiger partial charge in [-0.15, -0.1) is 0 Å². The molecule has 2 aromatic rings. The molecule has 1 aromatic carbocycles. The first-order valence-corrected chi connectivity index (χ1v) is 7.23. The third kappa shape index (κ3) is 2.30. The van der Waals surface area contributed by atoms with E-state index in [0.717, 1.165) is 28.6 Å². The predicted octanol–water partition coefficient (Wildman–Crippen LogP) is 2.86. The molecule has 2 heterocycles. The van der Waals surface area contributed by atoms with E-state index in [0.29, 0.717) is 13.2 Å². The molecule has 0 radical (unpaired) electrons. The molecular weight excluding hydrogens is 274 g/mol. The minimum atomic E-state index is 0.210. The topological polar surface area (TPSA) is 39.1 Å². The summed E-state index contributed by atoms with van der Waals surface area (Å²) in [5.74, 6) is 0.968. The van der Waals surface area contributed by atoms with Gasteiger partial charge in [-0.2, -0.15) is 5.10 Å². The van der Waals surface area contributed by atoms with Gasteiger partial charge >= 0.3 is 0 Å². The van der Waals surface area contributed by atoms with Crippen LogP contribution in [0.1, 0.15) is 29.9 Å². The van der Waals surface area contributed by atoms with Gasteiger partial charge in [-0.3, -0.25) is 4.68 Å². The average molecular weight is 292 g/mol. The maximum atomic E-state index is 6.36. The molecule has 20 heavy (non-hydrogen) atoms. The fraction of sp³-hybridized carbons (Fsp3) is 0.400. The Morgan fingerprint density at radius 3 is 3.00 bits per heavy atom. The molecule has 1 unspecified atom stereocenters. The second kappa shape index (κ2) is 5.46. The van der Waals surface area contributed by atoms with Crippen molar-refractivity contribution < 1.29 is 4.74 Å². The third-order valence-electron chi connectivity index (χ3n) is 3.72. The van der Waals surface area contributed by atoms with Crippen molar-refractivity contribution in [2.45, 2.75) is 25.9 Å². The molecule has 3 rings (SSSR count). The van der Waals surface area contributed by atoms with Crippen molar-refractivity contribution >= 4 is 11.6 Å². The largest absolute Gasteiger partial charge is 0.491 e. The molecule has 1 aliphatic heterocycles. The van der Waals surface area contributed by atoms with E-state index >= 15 is 0 Å². The van der Waals surface area contributed by atoms with Crippen molar-refractivity contribution in [3.05, 3.63) is 46.2 Å². The highest BCUT2D eigenvalue weighted by Gasteiger charge is 2.24. The van der Waals surface area contributed by atoms with Crippen LogP contribution in [0.2, 0.25) is 5.02 Å². The number of nitrogens with zero attached hydrogens (tertiary/aromatic N) is 2. The Morgan fingerprint density at radius 1 is 1.45 bits per heavy atom. The number of hydrogen-bond acceptors (Lipinski definition) is 3. The Kier molecular flexibility index (Phi) is 3.68. The summed E-state index contributed by atoms with van der Waals surface area (Å²) in [5, 5.41) is 8.71. The lowest BCUT2D eigenvalue weighted by atomic mass is 10.1. The molecule has 4 nitrogen and oxygen atoms in total. The maximum Gasteiger partial charge on any atom is 0.124 e. The number of rotatable bonds is 4. The smallest absolute Gasteiger partial charge is 0.124 e. The summed E-state index contributed by atoms with van der Waals surface area (Å²) >= 11 is 6.36. The quantitative estimate of drug-likeness (QED) is 0.941. The highest BCUT2D eigenvalue weighted by molar-refractivity contribution is 6.31. The number of ether oxygens (including phenoxy) is 1. The van der Waals surface area contributed by atoms with Crippen molar-refractivity contribution in [1.82, 2.24) is 15.1 Å². The van der Waals surface area contributed by atoms with Crippen LogP contribution in [-0.4, -0.2) is 16.4 Å². The van der Waals surface area contributed by atoms with Gasteiger partial charge in [0.05, 0.1) is 22.5 Å². The van der Waals surface area contributed by atoms with Gasteiger partial charge in [0.25, 0.3) is 0 Å². The molecular formula is C15H18ClN3O. The van der Waals surface area contributed by atoms with Gasteiger partial charge in [-0.1, -0.05) is 36.7 Å². The predicted molar refractivity (Wildman–Crippen MR) is 79.1 cm³/mol. The van der Waals surface area contributed by atoms with Crippen LogP contribution in [0.15, 0.2) is 24.3 Å². The third-order valence-corrected chi connectivity index (χ3v) is 4.16. The first-order chi connectivity index (χ1) is 9.70. The molecule has 1 atom stereocenters. The Bertz CT molecular complexity index is 624. The van der Waals surface area contributed by atoms with Crippen LogP contribution in [0, 0.1) is 0 Å². The van der Waals surface area contributed by atoms with Crippen LogP contribution in [0.5, 0.6) is 5.75 Å². The molecule has 1 aromatic heterocycles. The van der Waals surface area contributed by atoms with Gasteiger partial charge in [0.1, 0.15) is 12.4 Å². The molecule has 0 aliphatic carbocycles. The number of nitrogens with one attached hydrogen (secondary N) is 1. The summed E-state index contributed by atoms with van der Waals surface area (Å²) in [7, 11) is 1.93. The summed E-state index contributed by atoms with van der Waals surface area (Å²) in [6.45, 7) is 3.41. The van der Waals surface area contributed by atoms with Crippen LogP contribution in [-0.2, 0) is 20.0 Å². The fourth-order valence-electron chi connectivity index (χ4n) is 2.56. The number of para-hydroxylation sites is 1. The van der Waals surface area contributed by atoms with Crippen LogP contribution < -0.4 is 10.1 Å². The minimum absolute atomic E-state index is 0.210. The first kappa shape index (κ1) is 13.5. The lowest BCUT2D eigenvalue weighted by molar-refractivity contribution is 0.309. The molecule has 1 aliphatic rings. The van der Waals surface area contributed by atoms with Crippen LogP contribution in [0.25, 0.3) is 0 Å². The zero-order valence-electron chi connectivity index (χ0n) is 11.7. The van der Waals surface area contributed by atoms with E-state index in [1.54, 1.807) is 0 Å². The van der Waals surface area contributed by atoms with Gasteiger partial charge in [0.15, 0.2) is 0 Å². The van der Waals surface area contributed by atoms with Gasteiger partial charge in [0, 0.05) is 19.2 Å². The molecule has 0 spiro atoms. The van der Waals surface area contributed by atoms with Gasteiger partial charge in [0.2, 0.25) is 0 Å². The molecule has 1 N–H and O–H groups in total. The van der Waals surface area contributed by atoms with Crippen LogP contribution >= 0.6 is 11.6 Å². The monoisotopic (exact) mass is 291 g/mol. The Balaban J connectivity index is 1.74. The minimum Gasteiger partial charge on any atom is -0.491 e. The van der Waals surface area contributed by atoms with E-state index in [1.807, 2.05) is 29.9 Å². The van der Waals surface area contributed by atoms with Gasteiger partial charge < -0.3 is 10.1 Å². The summed E-state index contributed by atoms with van der Waals surface area (Å²) in [6.07, 6.45) is 0.849. The molecule has 106 valence electrons. The number of benzene rings is 1. The standard InChI is InChI=1S/C15H18ClN3O/c1-3-11-15(16)13(19(2)18-11)8-17-12-9-20-14-7-5-4-6-10(12)14/h4-7,12,17H,3,8-9H2,1-2H3. The zero-order chi connectivity index (χ0) is 14.1. The second-order valence-corrected chi connectivity index (χ2v) is 5.34. The van der Waals surface area contributed by atoms with E-state index in [2.05, 4.69) is 23.4 Å². The molecule has 0 amide bonds. The van der Waals surface area contributed by atoms with E-state index in [4.69, 9.17) is 16.3 Å². The number of aromatic nitrogens is 2. The number of fused-ring (bicyclic) bond motifs is 1. The van der Waals surface area contributed by atoms with Crippen LogP contribution in [0.4, 0.5) is 0 Å². The zero-order valence-corrected chi connectivity index (χ0v) is 12.4. The summed E-state index contributed by atoms with van der Waals surface area (Å²) in [6, 6.07) is 8.34. The second-order valence-electron chi connectivity index (χ2n) is 4.97. The van der Waals surface area contributed by atoms with Crippen molar-refractivity contribution in [3.8, 4) is 5.75 Å². The Morgan fingerprint density at radius 2 is 2.25 bits per heavy atom. The van der Waals surface area contributed by atoms with E-state index in [9.17, 15) is 0 Å². The first-order valence-electron chi connectivity index (χ1n) is 6.86. The molecule has 5 heteroatoms. The van der Waals surface area contributed by atoms with Crippen molar-refractivity contribution in [1.29, 1.82) is 0 Å². The average Bonchev–Trinajstić information content (AvgIpc) is 2.99. The van der Waals surface area contributed by atoms with E-state index < -0.39 is 0 Å². The van der Waals surface area contributed by atoms with Gasteiger partial charge in [-0.05, 0) is 12.5 Å². The van der Waals surface area contributed by atoms with E-state index in [1.165, 1.54) is 5.56 Å². The maximum absolute atomic E-state index is 6.36. The SMILES string of the molecule is CCc1nn(C)c(CNC2COc3ccccc32)c1Cl. The summed E-state index contributed by atoms with van der Waals surface area (Å²) in [5.41, 5.74) is 3.18. The molecule has 0 fully saturated rings. The van der Waals surface area contributed by atoms with E-state index in [-0.39, 0.29) is 6.04 Å². The van der Waals surface area contributed by atoms with Gasteiger partial charge in [-0.25, -0.2) is 0 Å². The normalized spacial score (nSPS) is 17.1. The highest BCUT2D eigenvalue weighted by Crippen LogP contribution is 2.32. The molecule has 0 saturated carbocycles. The molecule has 0 bridgehead atoms. The Hall–Kier alpha value is -1.52. The number of hydrogen-bond donors (Lipinski definition) is 1. The number of halogens is 1. The number of aryl methyl sites for hydroxylation is 2. The molecule has 0 saturated heterocycles. The van der Waals surface area contributed by atoms with Crippen molar-refractivity contribution in [3.63, 3.8) is 0 Å². The lowest BCUT2D eigenvalue weighted by Crippen LogP contribution is -2.23. The lowest BCUT2D eigenvalue weighted by Gasteiger charge is -2.12. The van der Waals surface area contributed by atoms with Crippen LogP contribution in [0.3, 0.4) is 0 Å². The summed E-state index contributed by atoms with van der Waals surface area (Å²) < 4.78 is 7.53. The summed E-state index contributed by atoms with van der Waals surface area (Å²) in [4.78, 5) is 0. The van der Waals surface area contributed by atoms with Crippen molar-refractivity contribution in [2.75, 3.05) is 6.61 Å².